The number of benzene rings is 1. The van der Waals surface area contributed by atoms with Crippen LogP contribution in [0.4, 0.5) is 5.69 Å². The van der Waals surface area contributed by atoms with E-state index in [9.17, 15) is 13.2 Å². The Bertz CT molecular complexity index is 845. The number of rotatable bonds is 3. The van der Waals surface area contributed by atoms with Crippen LogP contribution in [0.5, 0.6) is 0 Å². The van der Waals surface area contributed by atoms with Crippen molar-refractivity contribution < 1.29 is 17.6 Å². The summed E-state index contributed by atoms with van der Waals surface area (Å²) in [5.41, 5.74) is 0.548. The molecule has 0 aliphatic heterocycles. The lowest BCUT2D eigenvalue weighted by molar-refractivity contribution is 0.102. The van der Waals surface area contributed by atoms with Gasteiger partial charge in [-0.25, -0.2) is 13.6 Å². The van der Waals surface area contributed by atoms with E-state index >= 15 is 0 Å². The molecular formula is C16H20N2O4S. The molecule has 0 radical (unpaired) electrons. The van der Waals surface area contributed by atoms with E-state index in [1.165, 1.54) is 18.2 Å². The molecule has 0 spiro atoms. The molecule has 2 aromatic rings. The first-order valence-corrected chi connectivity index (χ1v) is 8.58. The molecule has 23 heavy (non-hydrogen) atoms. The summed E-state index contributed by atoms with van der Waals surface area (Å²) in [7, 11) is -3.82. The maximum Gasteiger partial charge on any atom is 0.259 e. The molecule has 7 heteroatoms. The van der Waals surface area contributed by atoms with Gasteiger partial charge < -0.3 is 9.73 Å². The maximum absolute atomic E-state index is 12.4. The molecule has 0 aliphatic carbocycles. The number of amides is 1. The number of primary sulfonamides is 1. The predicted molar refractivity (Wildman–Crippen MR) is 87.9 cm³/mol. The molecule has 0 saturated carbocycles. The van der Waals surface area contributed by atoms with Crippen LogP contribution in [0.15, 0.2) is 39.6 Å². The van der Waals surface area contributed by atoms with Crippen molar-refractivity contribution in [2.24, 2.45) is 5.14 Å². The highest BCUT2D eigenvalue weighted by molar-refractivity contribution is 7.89. The van der Waals surface area contributed by atoms with E-state index < -0.39 is 10.0 Å². The van der Waals surface area contributed by atoms with Gasteiger partial charge in [-0.2, -0.15) is 0 Å². The number of sulfonamides is 1. The molecule has 1 aromatic carbocycles. The van der Waals surface area contributed by atoms with Gasteiger partial charge in [-0.15, -0.1) is 0 Å². The van der Waals surface area contributed by atoms with Gasteiger partial charge >= 0.3 is 0 Å². The van der Waals surface area contributed by atoms with Crippen molar-refractivity contribution in [1.29, 1.82) is 0 Å². The van der Waals surface area contributed by atoms with Crippen molar-refractivity contribution in [2.75, 3.05) is 5.32 Å². The third-order valence-corrected chi connectivity index (χ3v) is 4.23. The van der Waals surface area contributed by atoms with Gasteiger partial charge in [-0.1, -0.05) is 26.8 Å². The summed E-state index contributed by atoms with van der Waals surface area (Å²) >= 11 is 0. The second-order valence-electron chi connectivity index (χ2n) is 6.36. The fourth-order valence-electron chi connectivity index (χ4n) is 2.03. The van der Waals surface area contributed by atoms with Crippen LogP contribution in [0.1, 0.15) is 42.6 Å². The number of carbonyl (C=O) groups is 1. The second kappa shape index (κ2) is 5.82. The van der Waals surface area contributed by atoms with Crippen LogP contribution in [-0.2, 0) is 15.4 Å². The summed E-state index contributed by atoms with van der Waals surface area (Å²) < 4.78 is 28.4. The van der Waals surface area contributed by atoms with E-state index in [1.807, 2.05) is 20.8 Å². The number of nitrogens with two attached hydrogens (primary N) is 1. The minimum Gasteiger partial charge on any atom is -0.465 e. The van der Waals surface area contributed by atoms with E-state index in [1.54, 1.807) is 19.1 Å². The van der Waals surface area contributed by atoms with Crippen molar-refractivity contribution in [3.8, 4) is 0 Å². The predicted octanol–water partition coefficient (Wildman–Crippen LogP) is 2.79. The minimum absolute atomic E-state index is 0.0606. The Labute approximate surface area is 135 Å². The van der Waals surface area contributed by atoms with Gasteiger partial charge in [-0.05, 0) is 31.2 Å². The molecular weight excluding hydrogens is 316 g/mol. The lowest BCUT2D eigenvalue weighted by Gasteiger charge is -2.13. The van der Waals surface area contributed by atoms with Crippen molar-refractivity contribution in [3.63, 3.8) is 0 Å². The number of carbonyl (C=O) groups excluding carboxylic acids is 1. The maximum atomic E-state index is 12.4. The van der Waals surface area contributed by atoms with Gasteiger partial charge in [0.2, 0.25) is 10.0 Å². The third-order valence-electron chi connectivity index (χ3n) is 3.32. The lowest BCUT2D eigenvalue weighted by Crippen LogP contribution is -2.15. The van der Waals surface area contributed by atoms with Gasteiger partial charge in [0.05, 0.1) is 10.5 Å². The quantitative estimate of drug-likeness (QED) is 0.899. The fourth-order valence-corrected chi connectivity index (χ4v) is 2.59. The summed E-state index contributed by atoms with van der Waals surface area (Å²) in [5.74, 6) is 0.849. The van der Waals surface area contributed by atoms with Gasteiger partial charge in [0.1, 0.15) is 11.5 Å². The zero-order valence-corrected chi connectivity index (χ0v) is 14.3. The normalized spacial score (nSPS) is 12.2. The molecule has 0 saturated heterocycles. The van der Waals surface area contributed by atoms with Crippen molar-refractivity contribution >= 4 is 21.6 Å². The van der Waals surface area contributed by atoms with Crippen LogP contribution in [0.2, 0.25) is 0 Å². The smallest absolute Gasteiger partial charge is 0.259 e. The monoisotopic (exact) mass is 336 g/mol. The molecule has 124 valence electrons. The molecule has 1 amide bonds. The first kappa shape index (κ1) is 17.2. The van der Waals surface area contributed by atoms with Gasteiger partial charge in [0.25, 0.3) is 5.91 Å². The third kappa shape index (κ3) is 4.00. The Hall–Kier alpha value is -2.12. The zero-order valence-electron chi connectivity index (χ0n) is 13.5. The average molecular weight is 336 g/mol. The summed E-state index contributed by atoms with van der Waals surface area (Å²) in [6.07, 6.45) is 0. The average Bonchev–Trinajstić information content (AvgIpc) is 2.80. The molecule has 6 nitrogen and oxygen atoms in total. The van der Waals surface area contributed by atoms with Crippen molar-refractivity contribution in [3.05, 3.63) is 47.4 Å². The van der Waals surface area contributed by atoms with Crippen LogP contribution < -0.4 is 10.5 Å². The largest absolute Gasteiger partial charge is 0.465 e. The van der Waals surface area contributed by atoms with Gasteiger partial charge in [0.15, 0.2) is 0 Å². The van der Waals surface area contributed by atoms with Crippen LogP contribution in [0.25, 0.3) is 0 Å². The SMILES string of the molecule is Cc1oc(C(C)(C)C)cc1C(=O)Nc1cccc(S(N)(=O)=O)c1. The molecule has 2 rings (SSSR count). The zero-order chi connectivity index (χ0) is 17.4. The van der Waals surface area contributed by atoms with Crippen molar-refractivity contribution in [1.82, 2.24) is 0 Å². The van der Waals surface area contributed by atoms with Gasteiger partial charge in [-0.3, -0.25) is 4.79 Å². The Balaban J connectivity index is 2.28. The van der Waals surface area contributed by atoms with Gasteiger partial charge in [0, 0.05) is 11.1 Å². The van der Waals surface area contributed by atoms with Crippen LogP contribution in [-0.4, -0.2) is 14.3 Å². The first-order valence-electron chi connectivity index (χ1n) is 7.03. The number of nitrogens with one attached hydrogen (secondary N) is 1. The number of furan rings is 1. The molecule has 1 heterocycles. The van der Waals surface area contributed by atoms with Crippen molar-refractivity contribution in [2.45, 2.75) is 38.0 Å². The summed E-state index contributed by atoms with van der Waals surface area (Å²) in [6, 6.07) is 7.48. The highest BCUT2D eigenvalue weighted by Crippen LogP contribution is 2.27. The molecule has 0 aliphatic rings. The van der Waals surface area contributed by atoms with E-state index in [0.29, 0.717) is 22.8 Å². The van der Waals surface area contributed by atoms with E-state index in [4.69, 9.17) is 9.56 Å². The van der Waals surface area contributed by atoms with E-state index in [-0.39, 0.29) is 16.2 Å². The number of hydrogen-bond acceptors (Lipinski definition) is 4. The summed E-state index contributed by atoms with van der Waals surface area (Å²) in [6.45, 7) is 7.68. The molecule has 0 atom stereocenters. The highest BCUT2D eigenvalue weighted by atomic mass is 32.2. The number of hydrogen-bond donors (Lipinski definition) is 2. The summed E-state index contributed by atoms with van der Waals surface area (Å²) in [5, 5.41) is 7.74. The fraction of sp³-hybridized carbons (Fsp3) is 0.312. The van der Waals surface area contributed by atoms with Crippen LogP contribution in [0, 0.1) is 6.92 Å². The molecule has 0 fully saturated rings. The van der Waals surface area contributed by atoms with E-state index in [0.717, 1.165) is 0 Å². The molecule has 0 unspecified atom stereocenters. The first-order chi connectivity index (χ1) is 10.5. The Morgan fingerprint density at radius 2 is 1.87 bits per heavy atom. The summed E-state index contributed by atoms with van der Waals surface area (Å²) in [4.78, 5) is 12.3. The lowest BCUT2D eigenvalue weighted by atomic mass is 9.93. The Kier molecular flexibility index (Phi) is 4.37. The number of aryl methyl sites for hydroxylation is 1. The number of anilines is 1. The highest BCUT2D eigenvalue weighted by Gasteiger charge is 2.23. The van der Waals surface area contributed by atoms with E-state index in [2.05, 4.69) is 5.32 Å². The molecule has 3 N–H and O–H groups in total. The second-order valence-corrected chi connectivity index (χ2v) is 7.92. The Morgan fingerprint density at radius 1 is 1.22 bits per heavy atom. The Morgan fingerprint density at radius 3 is 2.39 bits per heavy atom. The molecule has 0 bridgehead atoms. The van der Waals surface area contributed by atoms with Crippen LogP contribution in [0.3, 0.4) is 0 Å². The topological polar surface area (TPSA) is 102 Å². The standard InChI is InChI=1S/C16H20N2O4S/c1-10-13(9-14(22-10)16(2,3)4)15(19)18-11-6-5-7-12(8-11)23(17,20)21/h5-9H,1-4H3,(H,18,19)(H2,17,20,21). The van der Waals surface area contributed by atoms with Crippen LogP contribution >= 0.6 is 0 Å². The molecule has 1 aromatic heterocycles. The minimum atomic E-state index is -3.82.